The van der Waals surface area contributed by atoms with Crippen molar-refractivity contribution in [3.8, 4) is 6.07 Å². The molecule has 1 aromatic carbocycles. The lowest BCUT2D eigenvalue weighted by Crippen LogP contribution is -2.22. The fourth-order valence-corrected chi connectivity index (χ4v) is 1.41. The minimum Gasteiger partial charge on any atom is -0.468 e. The molecular weight excluding hydrogens is 282 g/mol. The van der Waals surface area contributed by atoms with E-state index >= 15 is 0 Å². The third-order valence-corrected chi connectivity index (χ3v) is 2.40. The first-order valence-electron chi connectivity index (χ1n) is 5.54. The summed E-state index contributed by atoms with van der Waals surface area (Å²) < 4.78 is 4.41. The Morgan fingerprint density at radius 1 is 1.50 bits per heavy atom. The van der Waals surface area contributed by atoms with E-state index < -0.39 is 11.9 Å². The molecule has 0 aromatic heterocycles. The quantitative estimate of drug-likeness (QED) is 0.487. The molecule has 7 heteroatoms. The summed E-state index contributed by atoms with van der Waals surface area (Å²) in [6.45, 7) is -0.133. The van der Waals surface area contributed by atoms with Gasteiger partial charge in [-0.25, -0.2) is 0 Å². The fraction of sp³-hybridized carbons (Fsp3) is 0.154. The number of amides is 1. The van der Waals surface area contributed by atoms with Gasteiger partial charge in [-0.3, -0.25) is 9.59 Å². The van der Waals surface area contributed by atoms with E-state index in [-0.39, 0.29) is 12.1 Å². The van der Waals surface area contributed by atoms with Gasteiger partial charge in [-0.2, -0.15) is 5.26 Å². The minimum absolute atomic E-state index is 0.133. The third-order valence-electron chi connectivity index (χ3n) is 2.17. The maximum Gasteiger partial charge on any atom is 0.325 e. The highest BCUT2D eigenvalue weighted by Crippen LogP contribution is 2.15. The van der Waals surface area contributed by atoms with E-state index in [1.807, 2.05) is 0 Å². The number of halogens is 1. The molecule has 1 aromatic rings. The van der Waals surface area contributed by atoms with Gasteiger partial charge in [0.05, 0.1) is 7.11 Å². The summed E-state index contributed by atoms with van der Waals surface area (Å²) in [5.74, 6) is -1.11. The molecule has 0 aliphatic carbocycles. The summed E-state index contributed by atoms with van der Waals surface area (Å²) in [4.78, 5) is 22.7. The maximum atomic E-state index is 11.8. The van der Waals surface area contributed by atoms with Crippen LogP contribution in [0.15, 0.2) is 36.0 Å². The predicted octanol–water partition coefficient (Wildman–Crippen LogP) is 1.45. The topological polar surface area (TPSA) is 91.2 Å². The molecule has 104 valence electrons. The van der Waals surface area contributed by atoms with Crippen LogP contribution in [0.1, 0.15) is 0 Å². The first-order valence-corrected chi connectivity index (χ1v) is 5.92. The number of anilines is 1. The summed E-state index contributed by atoms with van der Waals surface area (Å²) in [5, 5.41) is 14.4. The van der Waals surface area contributed by atoms with Crippen molar-refractivity contribution in [2.24, 2.45) is 0 Å². The highest BCUT2D eigenvalue weighted by molar-refractivity contribution is 6.31. The summed E-state index contributed by atoms with van der Waals surface area (Å²) in [6, 6.07) is 8.25. The smallest absolute Gasteiger partial charge is 0.325 e. The monoisotopic (exact) mass is 293 g/mol. The Labute approximate surface area is 121 Å². The molecule has 0 spiro atoms. The number of benzene rings is 1. The first kappa shape index (κ1) is 15.5. The van der Waals surface area contributed by atoms with E-state index in [9.17, 15) is 9.59 Å². The van der Waals surface area contributed by atoms with Crippen LogP contribution in [0.4, 0.5) is 5.69 Å². The molecule has 0 aliphatic heterocycles. The Morgan fingerprint density at radius 3 is 2.85 bits per heavy atom. The second kappa shape index (κ2) is 7.81. The lowest BCUT2D eigenvalue weighted by atomic mass is 10.2. The van der Waals surface area contributed by atoms with Gasteiger partial charge < -0.3 is 15.4 Å². The van der Waals surface area contributed by atoms with Crippen LogP contribution in [-0.2, 0) is 14.3 Å². The average molecular weight is 294 g/mol. The van der Waals surface area contributed by atoms with Crippen LogP contribution >= 0.6 is 11.6 Å². The van der Waals surface area contributed by atoms with E-state index in [1.54, 1.807) is 30.3 Å². The average Bonchev–Trinajstić information content (AvgIpc) is 2.43. The number of ether oxygens (including phenoxy) is 1. The van der Waals surface area contributed by atoms with Crippen molar-refractivity contribution in [1.82, 2.24) is 5.32 Å². The zero-order valence-corrected chi connectivity index (χ0v) is 11.4. The number of nitrogens with zero attached hydrogens (tertiary/aromatic N) is 1. The number of rotatable bonds is 5. The third kappa shape index (κ3) is 5.00. The van der Waals surface area contributed by atoms with Crippen molar-refractivity contribution < 1.29 is 14.3 Å². The Hall–Kier alpha value is -2.52. The van der Waals surface area contributed by atoms with E-state index in [4.69, 9.17) is 16.9 Å². The molecule has 0 heterocycles. The minimum atomic E-state index is -0.605. The molecule has 0 saturated heterocycles. The molecule has 0 saturated carbocycles. The summed E-state index contributed by atoms with van der Waals surface area (Å²) in [6.07, 6.45) is 1.15. The van der Waals surface area contributed by atoms with E-state index in [0.29, 0.717) is 10.7 Å². The van der Waals surface area contributed by atoms with Crippen LogP contribution < -0.4 is 10.6 Å². The van der Waals surface area contributed by atoms with Crippen molar-refractivity contribution in [2.45, 2.75) is 0 Å². The zero-order valence-electron chi connectivity index (χ0n) is 10.6. The van der Waals surface area contributed by atoms with Crippen LogP contribution in [-0.4, -0.2) is 25.5 Å². The summed E-state index contributed by atoms with van der Waals surface area (Å²) in [5.41, 5.74) is 0.297. The Morgan fingerprint density at radius 2 is 2.25 bits per heavy atom. The molecular formula is C13H12ClN3O3. The zero-order chi connectivity index (χ0) is 15.0. The SMILES string of the molecule is COC(=O)CN/C=C(/C#N)C(=O)Nc1cccc(Cl)c1. The molecule has 0 atom stereocenters. The largest absolute Gasteiger partial charge is 0.468 e. The van der Waals surface area contributed by atoms with Gasteiger partial charge in [-0.1, -0.05) is 17.7 Å². The van der Waals surface area contributed by atoms with Gasteiger partial charge in [0.2, 0.25) is 0 Å². The van der Waals surface area contributed by atoms with Gasteiger partial charge >= 0.3 is 5.97 Å². The highest BCUT2D eigenvalue weighted by Gasteiger charge is 2.09. The molecule has 1 amide bonds. The lowest BCUT2D eigenvalue weighted by molar-refractivity contribution is -0.139. The normalized spacial score (nSPS) is 10.3. The molecule has 0 bridgehead atoms. The summed E-state index contributed by atoms with van der Waals surface area (Å²) >= 11 is 5.78. The first-order chi connectivity index (χ1) is 9.56. The van der Waals surface area contributed by atoms with Crippen LogP contribution in [0, 0.1) is 11.3 Å². The molecule has 0 aliphatic rings. The van der Waals surface area contributed by atoms with Crippen molar-refractivity contribution in [3.05, 3.63) is 41.1 Å². The van der Waals surface area contributed by atoms with Gasteiger partial charge in [0.15, 0.2) is 0 Å². The fourth-order valence-electron chi connectivity index (χ4n) is 1.22. The predicted molar refractivity (Wildman–Crippen MR) is 73.8 cm³/mol. The van der Waals surface area contributed by atoms with Crippen LogP contribution in [0.25, 0.3) is 0 Å². The molecule has 1 rings (SSSR count). The van der Waals surface area contributed by atoms with E-state index in [2.05, 4.69) is 15.4 Å². The number of carbonyl (C=O) groups excluding carboxylic acids is 2. The van der Waals surface area contributed by atoms with Gasteiger partial charge in [0.25, 0.3) is 5.91 Å². The molecule has 0 unspecified atom stereocenters. The standard InChI is InChI=1S/C13H12ClN3O3/c1-20-12(18)8-16-7-9(6-15)13(19)17-11-4-2-3-10(14)5-11/h2-5,7,16H,8H2,1H3,(H,17,19)/b9-7-. The lowest BCUT2D eigenvalue weighted by Gasteiger charge is -2.05. The van der Waals surface area contributed by atoms with Crippen molar-refractivity contribution in [2.75, 3.05) is 19.0 Å². The molecule has 20 heavy (non-hydrogen) atoms. The van der Waals surface area contributed by atoms with Crippen LogP contribution in [0.5, 0.6) is 0 Å². The Kier molecular flexibility index (Phi) is 6.07. The number of hydrogen-bond acceptors (Lipinski definition) is 5. The highest BCUT2D eigenvalue weighted by atomic mass is 35.5. The molecule has 0 radical (unpaired) electrons. The molecule has 0 fully saturated rings. The second-order valence-electron chi connectivity index (χ2n) is 3.59. The number of hydrogen-bond donors (Lipinski definition) is 2. The number of nitriles is 1. The maximum absolute atomic E-state index is 11.8. The Balaban J connectivity index is 2.66. The number of esters is 1. The van der Waals surface area contributed by atoms with E-state index in [1.165, 1.54) is 7.11 Å². The van der Waals surface area contributed by atoms with Crippen molar-refractivity contribution in [1.29, 1.82) is 5.26 Å². The number of carbonyl (C=O) groups is 2. The van der Waals surface area contributed by atoms with Gasteiger partial charge in [0, 0.05) is 16.9 Å². The van der Waals surface area contributed by atoms with Crippen molar-refractivity contribution in [3.63, 3.8) is 0 Å². The molecule has 2 N–H and O–H groups in total. The van der Waals surface area contributed by atoms with Crippen molar-refractivity contribution >= 4 is 29.2 Å². The van der Waals surface area contributed by atoms with Gasteiger partial charge in [-0.05, 0) is 18.2 Å². The second-order valence-corrected chi connectivity index (χ2v) is 4.03. The van der Waals surface area contributed by atoms with Crippen LogP contribution in [0.2, 0.25) is 5.02 Å². The Bertz CT molecular complexity index is 578. The van der Waals surface area contributed by atoms with E-state index in [0.717, 1.165) is 6.20 Å². The van der Waals surface area contributed by atoms with Gasteiger partial charge in [-0.15, -0.1) is 0 Å². The molecule has 6 nitrogen and oxygen atoms in total. The van der Waals surface area contributed by atoms with Gasteiger partial charge in [0.1, 0.15) is 18.2 Å². The number of nitrogens with one attached hydrogen (secondary N) is 2. The summed E-state index contributed by atoms with van der Waals surface area (Å²) in [7, 11) is 1.24. The number of methoxy groups -OCH3 is 1. The van der Waals surface area contributed by atoms with Crippen LogP contribution in [0.3, 0.4) is 0 Å².